The molecule has 0 radical (unpaired) electrons. The first-order chi connectivity index (χ1) is 14.4. The van der Waals surface area contributed by atoms with Gasteiger partial charge in [-0.1, -0.05) is 139 Å². The summed E-state index contributed by atoms with van der Waals surface area (Å²) in [4.78, 5) is 0. The first-order valence-corrected chi connectivity index (χ1v) is 12.4. The van der Waals surface area contributed by atoms with E-state index in [1.54, 1.807) is 0 Å². The zero-order valence-electron chi connectivity index (χ0n) is 14.3. The van der Waals surface area contributed by atoms with Gasteiger partial charge in [-0.25, -0.2) is 0 Å². The van der Waals surface area contributed by atoms with E-state index in [1.807, 2.05) is 0 Å². The average Bonchev–Trinajstić information content (AvgIpc) is 2.69. The summed E-state index contributed by atoms with van der Waals surface area (Å²) >= 11 is 77.0. The predicted molar refractivity (Wildman–Crippen MR) is 140 cm³/mol. The third kappa shape index (κ3) is 4.94. The lowest BCUT2D eigenvalue weighted by Gasteiger charge is -2.27. The van der Waals surface area contributed by atoms with E-state index in [4.69, 9.17) is 139 Å². The summed E-state index contributed by atoms with van der Waals surface area (Å²) in [6.07, 6.45) is 0. The summed E-state index contributed by atoms with van der Waals surface area (Å²) in [6, 6.07) is 4.16. The smallest absolute Gasteiger partial charge is 0.0649 e. The molecule has 0 aliphatic heterocycles. The SMILES string of the molecule is Clc1cc(Cl)c(Cl)c(C(c2c(Cl)c(Cl)cc(Cl)c2Cl)c2c(Cl)c(Cl)cc(Cl)c2Cl)c1Cl. The molecule has 12 heteroatoms. The lowest BCUT2D eigenvalue weighted by molar-refractivity contribution is 0.979. The van der Waals surface area contributed by atoms with Crippen molar-refractivity contribution in [2.75, 3.05) is 0 Å². The Balaban J connectivity index is 2.61. The second kappa shape index (κ2) is 10.4. The van der Waals surface area contributed by atoms with Crippen LogP contribution in [0.4, 0.5) is 0 Å². The second-order valence-corrected chi connectivity index (χ2v) is 10.8. The fraction of sp³-hybridized carbons (Fsp3) is 0.0526. The molecular formula is C19H4Cl12. The molecule has 0 aromatic heterocycles. The lowest BCUT2D eigenvalue weighted by atomic mass is 9.84. The zero-order chi connectivity index (χ0) is 23.4. The standard InChI is InChI=1S/C19H4Cl12/c20-4-1-5(21)15(27)11(14(4)26)10(12-16(28)6(22)2-7(23)17(12)29)13-18(30)8(24)3-9(25)19(13)31/h1-3,10H. The molecule has 3 rings (SSSR count). The number of halogens is 12. The van der Waals surface area contributed by atoms with Crippen molar-refractivity contribution in [3.63, 3.8) is 0 Å². The fourth-order valence-corrected chi connectivity index (χ4v) is 6.10. The van der Waals surface area contributed by atoms with Crippen LogP contribution < -0.4 is 0 Å². The summed E-state index contributed by atoms with van der Waals surface area (Å²) in [6.45, 7) is 0. The molecule has 31 heavy (non-hydrogen) atoms. The maximum atomic E-state index is 6.55. The molecule has 0 fully saturated rings. The van der Waals surface area contributed by atoms with Crippen molar-refractivity contribution in [1.82, 2.24) is 0 Å². The van der Waals surface area contributed by atoms with Crippen molar-refractivity contribution in [3.05, 3.63) is 95.2 Å². The number of hydrogen-bond donors (Lipinski definition) is 0. The Labute approximate surface area is 238 Å². The Morgan fingerprint density at radius 3 is 0.645 bits per heavy atom. The molecule has 3 aromatic carbocycles. The van der Waals surface area contributed by atoms with Crippen molar-refractivity contribution >= 4 is 139 Å². The third-order valence-electron chi connectivity index (χ3n) is 4.30. The van der Waals surface area contributed by atoms with Gasteiger partial charge in [0.2, 0.25) is 0 Å². The monoisotopic (exact) mass is 652 g/mol. The molecule has 0 unspecified atom stereocenters. The quantitative estimate of drug-likeness (QED) is 0.194. The Hall–Kier alpha value is 1.14. The zero-order valence-corrected chi connectivity index (χ0v) is 23.4. The molecule has 0 bridgehead atoms. The van der Waals surface area contributed by atoms with Gasteiger partial charge in [0.1, 0.15) is 0 Å². The van der Waals surface area contributed by atoms with Crippen LogP contribution in [0.3, 0.4) is 0 Å². The van der Waals surface area contributed by atoms with E-state index in [2.05, 4.69) is 0 Å². The molecule has 0 aliphatic rings. The summed E-state index contributed by atoms with van der Waals surface area (Å²) in [5.41, 5.74) is 0.598. The van der Waals surface area contributed by atoms with Crippen molar-refractivity contribution in [3.8, 4) is 0 Å². The third-order valence-corrected chi connectivity index (χ3v) is 9.12. The molecule has 0 N–H and O–H groups in total. The van der Waals surface area contributed by atoms with Gasteiger partial charge >= 0.3 is 0 Å². The molecule has 0 heterocycles. The van der Waals surface area contributed by atoms with Crippen molar-refractivity contribution in [2.24, 2.45) is 0 Å². The highest BCUT2D eigenvalue weighted by molar-refractivity contribution is 6.51. The highest BCUT2D eigenvalue weighted by Crippen LogP contribution is 2.55. The van der Waals surface area contributed by atoms with E-state index in [9.17, 15) is 0 Å². The van der Waals surface area contributed by atoms with E-state index >= 15 is 0 Å². The highest BCUT2D eigenvalue weighted by Gasteiger charge is 2.34. The Kier molecular flexibility index (Phi) is 8.98. The molecule has 0 saturated carbocycles. The van der Waals surface area contributed by atoms with Crippen LogP contribution in [-0.2, 0) is 0 Å². The maximum absolute atomic E-state index is 6.55. The normalized spacial score (nSPS) is 11.5. The van der Waals surface area contributed by atoms with Gasteiger partial charge in [-0.3, -0.25) is 0 Å². The van der Waals surface area contributed by atoms with E-state index in [0.29, 0.717) is 0 Å². The Morgan fingerprint density at radius 2 is 0.484 bits per heavy atom. The van der Waals surface area contributed by atoms with Gasteiger partial charge in [0.15, 0.2) is 0 Å². The molecule has 0 nitrogen and oxygen atoms in total. The fourth-order valence-electron chi connectivity index (χ4n) is 2.97. The van der Waals surface area contributed by atoms with Gasteiger partial charge in [0, 0.05) is 22.6 Å². The van der Waals surface area contributed by atoms with Gasteiger partial charge < -0.3 is 0 Å². The number of benzene rings is 3. The van der Waals surface area contributed by atoms with Crippen LogP contribution in [0.5, 0.6) is 0 Å². The number of hydrogen-bond acceptors (Lipinski definition) is 0. The summed E-state index contributed by atoms with van der Waals surface area (Å²) in [5, 5.41) is 0.941. The maximum Gasteiger partial charge on any atom is 0.0649 e. The van der Waals surface area contributed by atoms with E-state index in [1.165, 1.54) is 18.2 Å². The van der Waals surface area contributed by atoms with Crippen LogP contribution in [0, 0.1) is 0 Å². The van der Waals surface area contributed by atoms with Crippen LogP contribution >= 0.6 is 139 Å². The van der Waals surface area contributed by atoms with E-state index < -0.39 is 5.92 Å². The molecule has 0 saturated heterocycles. The minimum Gasteiger partial charge on any atom is -0.0826 e. The molecule has 0 amide bonds. The number of rotatable bonds is 3. The van der Waals surface area contributed by atoms with E-state index in [-0.39, 0.29) is 77.0 Å². The lowest BCUT2D eigenvalue weighted by Crippen LogP contribution is -2.10. The van der Waals surface area contributed by atoms with Gasteiger partial charge in [-0.05, 0) is 18.2 Å². The van der Waals surface area contributed by atoms with Gasteiger partial charge in [-0.2, -0.15) is 0 Å². The topological polar surface area (TPSA) is 0 Å². The van der Waals surface area contributed by atoms with Crippen LogP contribution in [0.25, 0.3) is 0 Å². The van der Waals surface area contributed by atoms with Crippen LogP contribution in [0.2, 0.25) is 60.3 Å². The minimum absolute atomic E-state index is 0.0486. The molecule has 0 atom stereocenters. The first-order valence-electron chi connectivity index (χ1n) is 7.87. The van der Waals surface area contributed by atoms with E-state index in [0.717, 1.165) is 0 Å². The van der Waals surface area contributed by atoms with Crippen molar-refractivity contribution in [2.45, 2.75) is 5.92 Å². The second-order valence-electron chi connectivity index (χ2n) is 6.08. The highest BCUT2D eigenvalue weighted by atomic mass is 35.5. The molecule has 0 aliphatic carbocycles. The van der Waals surface area contributed by atoms with Crippen molar-refractivity contribution in [1.29, 1.82) is 0 Å². The largest absolute Gasteiger partial charge is 0.0826 e. The van der Waals surface area contributed by atoms with Crippen LogP contribution in [0.1, 0.15) is 22.6 Å². The molecule has 3 aromatic rings. The van der Waals surface area contributed by atoms with Crippen molar-refractivity contribution < 1.29 is 0 Å². The Bertz CT molecular complexity index is 988. The summed E-state index contributed by atoms with van der Waals surface area (Å²) in [7, 11) is 0. The summed E-state index contributed by atoms with van der Waals surface area (Å²) in [5.74, 6) is -1.05. The predicted octanol–water partition coefficient (Wildman–Crippen LogP) is 12.7. The van der Waals surface area contributed by atoms with Gasteiger partial charge in [0.25, 0.3) is 0 Å². The van der Waals surface area contributed by atoms with Gasteiger partial charge in [0.05, 0.1) is 60.3 Å². The molecule has 0 spiro atoms. The van der Waals surface area contributed by atoms with Crippen LogP contribution in [-0.4, -0.2) is 0 Å². The van der Waals surface area contributed by atoms with Crippen LogP contribution in [0.15, 0.2) is 18.2 Å². The molecular weight excluding hydrogens is 654 g/mol. The summed E-state index contributed by atoms with van der Waals surface area (Å²) < 4.78 is 0. The minimum atomic E-state index is -1.05. The van der Waals surface area contributed by atoms with Gasteiger partial charge in [-0.15, -0.1) is 0 Å². The Morgan fingerprint density at radius 1 is 0.323 bits per heavy atom. The first kappa shape index (κ1) is 26.7. The average molecular weight is 658 g/mol. The molecule has 164 valence electrons.